The predicted octanol–water partition coefficient (Wildman–Crippen LogP) is 0.766. The van der Waals surface area contributed by atoms with Crippen molar-refractivity contribution in [3.8, 4) is 0 Å². The number of aromatic amines is 1. The number of aliphatic hydroxyl groups is 1. The molecule has 1 heterocycles. The molecule has 0 saturated carbocycles. The molecule has 7 heteroatoms. The van der Waals surface area contributed by atoms with Crippen LogP contribution in [0.5, 0.6) is 0 Å². The van der Waals surface area contributed by atoms with E-state index in [1.807, 2.05) is 0 Å². The average Bonchev–Trinajstić information content (AvgIpc) is 2.76. The number of H-pyrrole nitrogens is 1. The van der Waals surface area contributed by atoms with Crippen LogP contribution in [-0.2, 0) is 0 Å². The van der Waals surface area contributed by atoms with Crippen molar-refractivity contribution < 1.29 is 14.8 Å². The maximum Gasteiger partial charge on any atom is 0.287 e. The van der Waals surface area contributed by atoms with Crippen molar-refractivity contribution in [2.45, 2.75) is 19.4 Å². The molecule has 0 aromatic carbocycles. The van der Waals surface area contributed by atoms with Crippen LogP contribution < -0.4 is 0 Å². The summed E-state index contributed by atoms with van der Waals surface area (Å²) in [5, 5.41) is 19.6. The molecule has 7 nitrogen and oxygen atoms in total. The quantitative estimate of drug-likeness (QED) is 0.600. The lowest BCUT2D eigenvalue weighted by atomic mass is 10.0. The number of aliphatic hydroxyl groups excluding tert-OH is 1. The van der Waals surface area contributed by atoms with E-state index >= 15 is 0 Å². The van der Waals surface area contributed by atoms with E-state index in [4.69, 9.17) is 5.11 Å². The Labute approximate surface area is 98.2 Å². The maximum absolute atomic E-state index is 11.9. The Morgan fingerprint density at radius 3 is 2.65 bits per heavy atom. The summed E-state index contributed by atoms with van der Waals surface area (Å²) in [6.45, 7) is 3.20. The van der Waals surface area contributed by atoms with Crippen molar-refractivity contribution in [3.05, 3.63) is 28.1 Å². The van der Waals surface area contributed by atoms with E-state index in [-0.39, 0.29) is 18.0 Å². The highest BCUT2D eigenvalue weighted by Gasteiger charge is 2.29. The maximum atomic E-state index is 11.9. The first-order valence-corrected chi connectivity index (χ1v) is 5.01. The molecule has 0 radical (unpaired) electrons. The number of hydrogen-bond donors (Lipinski definition) is 2. The topological polar surface area (TPSA) is 99.5 Å². The fraction of sp³-hybridized carbons (Fsp3) is 0.500. The number of nitrogens with zero attached hydrogens (tertiary/aromatic N) is 2. The van der Waals surface area contributed by atoms with Gasteiger partial charge in [0, 0.05) is 13.1 Å². The van der Waals surface area contributed by atoms with E-state index in [0.717, 1.165) is 6.20 Å². The van der Waals surface area contributed by atoms with Gasteiger partial charge < -0.3 is 15.0 Å². The van der Waals surface area contributed by atoms with Crippen molar-refractivity contribution in [1.29, 1.82) is 0 Å². The first kappa shape index (κ1) is 13.2. The fourth-order valence-corrected chi connectivity index (χ4v) is 1.17. The minimum atomic E-state index is -0.725. The summed E-state index contributed by atoms with van der Waals surface area (Å²) in [7, 11) is 1.53. The second-order valence-electron chi connectivity index (χ2n) is 4.36. The molecule has 2 N–H and O–H groups in total. The molecule has 94 valence electrons. The summed E-state index contributed by atoms with van der Waals surface area (Å²) in [5.74, 6) is -0.405. The lowest BCUT2D eigenvalue weighted by Crippen LogP contribution is -2.47. The average molecular weight is 241 g/mol. The molecule has 0 fully saturated rings. The summed E-state index contributed by atoms with van der Waals surface area (Å²) >= 11 is 0. The number of likely N-dealkylation sites (N-methyl/N-ethyl adjacent to an activating group) is 1. The summed E-state index contributed by atoms with van der Waals surface area (Å²) in [4.78, 5) is 25.7. The van der Waals surface area contributed by atoms with Gasteiger partial charge in [0.25, 0.3) is 11.6 Å². The van der Waals surface area contributed by atoms with Crippen LogP contribution in [0.1, 0.15) is 24.3 Å². The van der Waals surface area contributed by atoms with Crippen LogP contribution in [0.4, 0.5) is 5.69 Å². The highest BCUT2D eigenvalue weighted by atomic mass is 16.6. The molecular formula is C10H15N3O4. The van der Waals surface area contributed by atoms with Gasteiger partial charge in [0.15, 0.2) is 0 Å². The fourth-order valence-electron chi connectivity index (χ4n) is 1.17. The third-order valence-corrected chi connectivity index (χ3v) is 2.71. The molecule has 1 aromatic rings. The van der Waals surface area contributed by atoms with Gasteiger partial charge in [0.05, 0.1) is 23.3 Å². The second kappa shape index (κ2) is 4.54. The number of hydrogen-bond acceptors (Lipinski definition) is 4. The number of aromatic nitrogens is 1. The Morgan fingerprint density at radius 2 is 2.24 bits per heavy atom. The molecule has 0 saturated heterocycles. The van der Waals surface area contributed by atoms with E-state index in [9.17, 15) is 14.9 Å². The summed E-state index contributed by atoms with van der Waals surface area (Å²) in [5.41, 5.74) is -0.763. The standard InChI is InChI=1S/C10H15N3O4/c1-10(2,6-14)12(3)9(15)8-4-7(5-11-8)13(16)17/h4-5,11,14H,6H2,1-3H3. The number of carbonyl (C=O) groups excluding carboxylic acids is 1. The van der Waals surface area contributed by atoms with Gasteiger partial charge in [-0.2, -0.15) is 0 Å². The molecule has 1 amide bonds. The molecule has 0 aliphatic carbocycles. The van der Waals surface area contributed by atoms with Crippen LogP contribution >= 0.6 is 0 Å². The van der Waals surface area contributed by atoms with Crippen molar-refractivity contribution >= 4 is 11.6 Å². The van der Waals surface area contributed by atoms with Gasteiger partial charge in [0.1, 0.15) is 5.69 Å². The van der Waals surface area contributed by atoms with Crippen molar-refractivity contribution in [3.63, 3.8) is 0 Å². The van der Waals surface area contributed by atoms with Crippen molar-refractivity contribution in [2.24, 2.45) is 0 Å². The zero-order valence-corrected chi connectivity index (χ0v) is 9.93. The molecule has 0 atom stereocenters. The lowest BCUT2D eigenvalue weighted by Gasteiger charge is -2.33. The van der Waals surface area contributed by atoms with E-state index in [1.54, 1.807) is 13.8 Å². The normalized spacial score (nSPS) is 11.3. The number of carbonyl (C=O) groups is 1. The summed E-state index contributed by atoms with van der Waals surface area (Å²) in [6, 6.07) is 1.17. The van der Waals surface area contributed by atoms with Crippen LogP contribution in [-0.4, -0.2) is 45.0 Å². The zero-order chi connectivity index (χ0) is 13.2. The molecule has 0 unspecified atom stereocenters. The third kappa shape index (κ3) is 2.62. The summed E-state index contributed by atoms with van der Waals surface area (Å²) < 4.78 is 0. The van der Waals surface area contributed by atoms with Gasteiger partial charge >= 0.3 is 0 Å². The Hall–Kier alpha value is -1.89. The SMILES string of the molecule is CN(C(=O)c1cc([N+](=O)[O-])c[nH]1)C(C)(C)CO. The predicted molar refractivity (Wildman–Crippen MR) is 60.7 cm³/mol. The van der Waals surface area contributed by atoms with Gasteiger partial charge in [0.2, 0.25) is 0 Å². The number of rotatable bonds is 4. The molecule has 1 rings (SSSR count). The highest BCUT2D eigenvalue weighted by molar-refractivity contribution is 5.93. The Morgan fingerprint density at radius 1 is 1.65 bits per heavy atom. The second-order valence-corrected chi connectivity index (χ2v) is 4.36. The zero-order valence-electron chi connectivity index (χ0n) is 9.93. The van der Waals surface area contributed by atoms with Gasteiger partial charge in [-0.25, -0.2) is 0 Å². The van der Waals surface area contributed by atoms with E-state index in [0.29, 0.717) is 0 Å². The Kier molecular flexibility index (Phi) is 3.52. The van der Waals surface area contributed by atoms with Crippen LogP contribution in [0.15, 0.2) is 12.3 Å². The Balaban J connectivity index is 2.93. The van der Waals surface area contributed by atoms with E-state index in [1.165, 1.54) is 18.0 Å². The molecule has 1 aromatic heterocycles. The van der Waals surface area contributed by atoms with Crippen molar-refractivity contribution in [1.82, 2.24) is 9.88 Å². The molecule has 0 bridgehead atoms. The van der Waals surface area contributed by atoms with Crippen LogP contribution in [0.25, 0.3) is 0 Å². The number of nitrogens with one attached hydrogen (secondary N) is 1. The number of nitro groups is 1. The smallest absolute Gasteiger partial charge is 0.287 e. The number of amides is 1. The lowest BCUT2D eigenvalue weighted by molar-refractivity contribution is -0.384. The highest BCUT2D eigenvalue weighted by Crippen LogP contribution is 2.18. The summed E-state index contributed by atoms with van der Waals surface area (Å²) in [6.07, 6.45) is 1.16. The molecule has 0 aliphatic heterocycles. The molecule has 0 aliphatic rings. The van der Waals surface area contributed by atoms with Crippen LogP contribution in [0, 0.1) is 10.1 Å². The van der Waals surface area contributed by atoms with Crippen molar-refractivity contribution in [2.75, 3.05) is 13.7 Å². The minimum absolute atomic E-state index is 0.126. The van der Waals surface area contributed by atoms with Gasteiger partial charge in [-0.3, -0.25) is 14.9 Å². The molecule has 17 heavy (non-hydrogen) atoms. The largest absolute Gasteiger partial charge is 0.394 e. The molecular weight excluding hydrogens is 226 g/mol. The van der Waals surface area contributed by atoms with E-state index in [2.05, 4.69) is 4.98 Å². The van der Waals surface area contributed by atoms with Gasteiger partial charge in [-0.1, -0.05) is 0 Å². The van der Waals surface area contributed by atoms with Gasteiger partial charge in [-0.15, -0.1) is 0 Å². The van der Waals surface area contributed by atoms with Crippen LogP contribution in [0.2, 0.25) is 0 Å². The minimum Gasteiger partial charge on any atom is -0.394 e. The monoisotopic (exact) mass is 241 g/mol. The first-order valence-electron chi connectivity index (χ1n) is 5.01. The van der Waals surface area contributed by atoms with Crippen LogP contribution in [0.3, 0.4) is 0 Å². The van der Waals surface area contributed by atoms with Gasteiger partial charge in [-0.05, 0) is 13.8 Å². The Bertz CT molecular complexity index is 439. The molecule has 0 spiro atoms. The van der Waals surface area contributed by atoms with E-state index < -0.39 is 16.4 Å². The first-order chi connectivity index (χ1) is 7.79. The third-order valence-electron chi connectivity index (χ3n) is 2.71.